The van der Waals surface area contributed by atoms with E-state index in [4.69, 9.17) is 4.74 Å². The van der Waals surface area contributed by atoms with Gasteiger partial charge in [0.2, 0.25) is 0 Å². The minimum absolute atomic E-state index is 0.0253. The van der Waals surface area contributed by atoms with E-state index in [9.17, 15) is 19.1 Å². The Bertz CT molecular complexity index is 796. The summed E-state index contributed by atoms with van der Waals surface area (Å²) in [5, 5.41) is 9.33. The lowest BCUT2D eigenvalue weighted by atomic mass is 10.1. The van der Waals surface area contributed by atoms with E-state index in [1.807, 2.05) is 0 Å². The second kappa shape index (κ2) is 8.11. The molecule has 0 heterocycles. The zero-order valence-corrected chi connectivity index (χ0v) is 15.3. The SMILES string of the molecule is COc1ccc(C(=O)N(Cc2cccc(F)c2)C(C)C(=O)O)c(Br)c1. The number of aliphatic carboxylic acids is 1. The lowest BCUT2D eigenvalue weighted by molar-refractivity contribution is -0.141. The van der Waals surface area contributed by atoms with Crippen molar-refractivity contribution >= 4 is 27.8 Å². The quantitative estimate of drug-likeness (QED) is 0.789. The molecule has 0 aliphatic heterocycles. The average Bonchev–Trinajstić information content (AvgIpc) is 2.58. The van der Waals surface area contributed by atoms with Crippen molar-refractivity contribution in [2.45, 2.75) is 19.5 Å². The number of carbonyl (C=O) groups excluding carboxylic acids is 1. The standard InChI is InChI=1S/C18H17BrFNO4/c1-11(18(23)24)21(10-12-4-3-5-13(20)8-12)17(22)15-7-6-14(25-2)9-16(15)19/h3-9,11H,10H2,1-2H3,(H,23,24). The Morgan fingerprint density at radius 1 is 1.28 bits per heavy atom. The van der Waals surface area contributed by atoms with Gasteiger partial charge in [0.05, 0.1) is 12.7 Å². The maximum Gasteiger partial charge on any atom is 0.326 e. The van der Waals surface area contributed by atoms with Crippen LogP contribution < -0.4 is 4.74 Å². The van der Waals surface area contributed by atoms with Crippen LogP contribution in [0.3, 0.4) is 0 Å². The van der Waals surface area contributed by atoms with Crippen molar-refractivity contribution in [3.8, 4) is 5.75 Å². The third kappa shape index (κ3) is 4.57. The van der Waals surface area contributed by atoms with Crippen LogP contribution in [-0.2, 0) is 11.3 Å². The summed E-state index contributed by atoms with van der Waals surface area (Å²) in [5.41, 5.74) is 0.802. The van der Waals surface area contributed by atoms with Gasteiger partial charge in [0, 0.05) is 11.0 Å². The van der Waals surface area contributed by atoms with Gasteiger partial charge in [-0.3, -0.25) is 4.79 Å². The molecule has 2 rings (SSSR count). The Labute approximate surface area is 153 Å². The molecule has 0 saturated carbocycles. The first-order valence-electron chi connectivity index (χ1n) is 7.45. The molecule has 0 saturated heterocycles. The predicted octanol–water partition coefficient (Wildman–Crippen LogP) is 3.71. The van der Waals surface area contributed by atoms with Gasteiger partial charge >= 0.3 is 5.97 Å². The smallest absolute Gasteiger partial charge is 0.326 e. The van der Waals surface area contributed by atoms with Crippen LogP contribution in [-0.4, -0.2) is 35.0 Å². The number of carboxylic acids is 1. The molecule has 0 bridgehead atoms. The predicted molar refractivity (Wildman–Crippen MR) is 94.1 cm³/mol. The highest BCUT2D eigenvalue weighted by atomic mass is 79.9. The number of carbonyl (C=O) groups is 2. The first kappa shape index (κ1) is 18.9. The van der Waals surface area contributed by atoms with E-state index >= 15 is 0 Å². The highest BCUT2D eigenvalue weighted by molar-refractivity contribution is 9.10. The van der Waals surface area contributed by atoms with E-state index in [2.05, 4.69) is 15.9 Å². The molecular formula is C18H17BrFNO4. The third-order valence-corrected chi connectivity index (χ3v) is 4.39. The van der Waals surface area contributed by atoms with E-state index in [0.29, 0.717) is 21.3 Å². The summed E-state index contributed by atoms with van der Waals surface area (Å²) in [6.07, 6.45) is 0. The van der Waals surface area contributed by atoms with Crippen LogP contribution in [0.15, 0.2) is 46.9 Å². The van der Waals surface area contributed by atoms with Crippen LogP contribution in [0.1, 0.15) is 22.8 Å². The van der Waals surface area contributed by atoms with Crippen molar-refractivity contribution in [2.24, 2.45) is 0 Å². The summed E-state index contributed by atoms with van der Waals surface area (Å²) in [4.78, 5) is 25.5. The van der Waals surface area contributed by atoms with Crippen molar-refractivity contribution in [3.05, 3.63) is 63.9 Å². The van der Waals surface area contributed by atoms with Crippen LogP contribution in [0.5, 0.6) is 5.75 Å². The van der Waals surface area contributed by atoms with Crippen molar-refractivity contribution in [2.75, 3.05) is 7.11 Å². The van der Waals surface area contributed by atoms with Gasteiger partial charge in [-0.1, -0.05) is 12.1 Å². The number of ether oxygens (including phenoxy) is 1. The van der Waals surface area contributed by atoms with Gasteiger partial charge in [0.1, 0.15) is 17.6 Å². The number of amides is 1. The van der Waals surface area contributed by atoms with Crippen LogP contribution in [0.2, 0.25) is 0 Å². The van der Waals surface area contributed by atoms with Crippen LogP contribution in [0, 0.1) is 5.82 Å². The van der Waals surface area contributed by atoms with Gasteiger partial charge in [-0.15, -0.1) is 0 Å². The molecule has 1 unspecified atom stereocenters. The van der Waals surface area contributed by atoms with Gasteiger partial charge in [-0.05, 0) is 58.7 Å². The fourth-order valence-electron chi connectivity index (χ4n) is 2.30. The number of carboxylic acid groups (broad SMARTS) is 1. The average molecular weight is 410 g/mol. The minimum Gasteiger partial charge on any atom is -0.497 e. The molecule has 0 spiro atoms. The number of halogens is 2. The Morgan fingerprint density at radius 2 is 2.00 bits per heavy atom. The lowest BCUT2D eigenvalue weighted by Crippen LogP contribution is -2.42. The molecule has 1 N–H and O–H groups in total. The molecule has 0 aromatic heterocycles. The molecule has 0 aliphatic rings. The third-order valence-electron chi connectivity index (χ3n) is 3.73. The number of hydrogen-bond donors (Lipinski definition) is 1. The molecule has 1 atom stereocenters. The summed E-state index contributed by atoms with van der Waals surface area (Å²) < 4.78 is 19.0. The molecule has 25 heavy (non-hydrogen) atoms. The lowest BCUT2D eigenvalue weighted by Gasteiger charge is -2.27. The topological polar surface area (TPSA) is 66.8 Å². The summed E-state index contributed by atoms with van der Waals surface area (Å²) in [7, 11) is 1.51. The fourth-order valence-corrected chi connectivity index (χ4v) is 2.83. The zero-order valence-electron chi connectivity index (χ0n) is 13.7. The van der Waals surface area contributed by atoms with Crippen LogP contribution in [0.25, 0.3) is 0 Å². The number of methoxy groups -OCH3 is 1. The van der Waals surface area contributed by atoms with Crippen molar-refractivity contribution in [3.63, 3.8) is 0 Å². The molecule has 5 nitrogen and oxygen atoms in total. The summed E-state index contributed by atoms with van der Waals surface area (Å²) in [5.74, 6) is -1.51. The Balaban J connectivity index is 2.37. The summed E-state index contributed by atoms with van der Waals surface area (Å²) in [6.45, 7) is 1.39. The molecule has 0 aliphatic carbocycles. The summed E-state index contributed by atoms with van der Waals surface area (Å²) >= 11 is 3.31. The van der Waals surface area contributed by atoms with Gasteiger partial charge < -0.3 is 14.7 Å². The molecule has 132 valence electrons. The molecule has 2 aromatic carbocycles. The van der Waals surface area contributed by atoms with Crippen molar-refractivity contribution in [1.29, 1.82) is 0 Å². The molecule has 7 heteroatoms. The van der Waals surface area contributed by atoms with E-state index < -0.39 is 23.7 Å². The number of benzene rings is 2. The Hall–Kier alpha value is -2.41. The highest BCUT2D eigenvalue weighted by Gasteiger charge is 2.28. The largest absolute Gasteiger partial charge is 0.497 e. The number of hydrogen-bond acceptors (Lipinski definition) is 3. The van der Waals surface area contributed by atoms with E-state index in [0.717, 1.165) is 0 Å². The van der Waals surface area contributed by atoms with E-state index in [-0.39, 0.29) is 6.54 Å². The number of rotatable bonds is 6. The maximum absolute atomic E-state index is 13.4. The van der Waals surface area contributed by atoms with Gasteiger partial charge in [0.25, 0.3) is 5.91 Å². The summed E-state index contributed by atoms with van der Waals surface area (Å²) in [6, 6.07) is 9.43. The molecule has 2 aromatic rings. The van der Waals surface area contributed by atoms with E-state index in [1.165, 1.54) is 37.1 Å². The monoisotopic (exact) mass is 409 g/mol. The van der Waals surface area contributed by atoms with Crippen LogP contribution >= 0.6 is 15.9 Å². The van der Waals surface area contributed by atoms with Gasteiger partial charge in [-0.2, -0.15) is 0 Å². The Morgan fingerprint density at radius 3 is 2.56 bits per heavy atom. The maximum atomic E-state index is 13.4. The van der Waals surface area contributed by atoms with Gasteiger partial charge in [0.15, 0.2) is 0 Å². The molecule has 0 fully saturated rings. The molecule has 0 radical (unpaired) electrons. The fraction of sp³-hybridized carbons (Fsp3) is 0.222. The zero-order chi connectivity index (χ0) is 18.6. The molecular weight excluding hydrogens is 393 g/mol. The number of nitrogens with zero attached hydrogens (tertiary/aromatic N) is 1. The Kier molecular flexibility index (Phi) is 6.14. The van der Waals surface area contributed by atoms with Crippen LogP contribution in [0.4, 0.5) is 4.39 Å². The second-order valence-electron chi connectivity index (χ2n) is 5.42. The highest BCUT2D eigenvalue weighted by Crippen LogP contribution is 2.25. The van der Waals surface area contributed by atoms with Crippen molar-refractivity contribution < 1.29 is 23.8 Å². The normalized spacial score (nSPS) is 11.7. The minimum atomic E-state index is -1.14. The first-order valence-corrected chi connectivity index (χ1v) is 8.24. The van der Waals surface area contributed by atoms with E-state index in [1.54, 1.807) is 24.3 Å². The van der Waals surface area contributed by atoms with Gasteiger partial charge in [-0.25, -0.2) is 9.18 Å². The first-order chi connectivity index (χ1) is 11.8. The second-order valence-corrected chi connectivity index (χ2v) is 6.28. The molecule has 1 amide bonds. The van der Waals surface area contributed by atoms with Crippen molar-refractivity contribution in [1.82, 2.24) is 4.90 Å².